The van der Waals surface area contributed by atoms with Crippen LogP contribution in [0.5, 0.6) is 0 Å². The fourth-order valence-electron chi connectivity index (χ4n) is 3.04. The minimum absolute atomic E-state index is 0.474. The minimum Gasteiger partial charge on any atom is -0.370 e. The van der Waals surface area contributed by atoms with Gasteiger partial charge < -0.3 is 16.0 Å². The quantitative estimate of drug-likeness (QED) is 0.589. The fraction of sp³-hybridized carbons (Fsp3) is 0.933. The second kappa shape index (κ2) is 6.60. The van der Waals surface area contributed by atoms with E-state index in [9.17, 15) is 0 Å². The maximum atomic E-state index is 5.89. The topological polar surface area (TPSA) is 53.6 Å². The molecule has 110 valence electrons. The number of nitrogens with one attached hydrogen (secondary N) is 1. The molecule has 0 spiro atoms. The first kappa shape index (κ1) is 14.6. The monoisotopic (exact) mass is 266 g/mol. The SMILES string of the molecule is CC1(C)CCCN(CCNC(N)=NCC2CCC2)C1. The zero-order chi connectivity index (χ0) is 13.7. The van der Waals surface area contributed by atoms with Crippen molar-refractivity contribution in [3.05, 3.63) is 0 Å². The summed E-state index contributed by atoms with van der Waals surface area (Å²) in [5.74, 6) is 1.42. The van der Waals surface area contributed by atoms with Crippen LogP contribution in [-0.2, 0) is 0 Å². The average Bonchev–Trinajstić information content (AvgIpc) is 2.25. The summed E-state index contributed by atoms with van der Waals surface area (Å²) < 4.78 is 0. The van der Waals surface area contributed by atoms with Crippen LogP contribution in [0.1, 0.15) is 46.0 Å². The first-order valence-corrected chi connectivity index (χ1v) is 7.81. The molecule has 2 fully saturated rings. The lowest BCUT2D eigenvalue weighted by Gasteiger charge is -2.38. The Balaban J connectivity index is 1.59. The van der Waals surface area contributed by atoms with Crippen molar-refractivity contribution in [2.45, 2.75) is 46.0 Å². The minimum atomic E-state index is 0.474. The van der Waals surface area contributed by atoms with E-state index in [4.69, 9.17) is 5.73 Å². The van der Waals surface area contributed by atoms with Crippen molar-refractivity contribution in [2.24, 2.45) is 22.1 Å². The Kier molecular flexibility index (Phi) is 5.08. The number of piperidine rings is 1. The number of nitrogens with zero attached hydrogens (tertiary/aromatic N) is 2. The van der Waals surface area contributed by atoms with Crippen LogP contribution in [0.15, 0.2) is 4.99 Å². The number of nitrogens with two attached hydrogens (primary N) is 1. The van der Waals surface area contributed by atoms with Gasteiger partial charge in [0, 0.05) is 26.2 Å². The van der Waals surface area contributed by atoms with Crippen molar-refractivity contribution >= 4 is 5.96 Å². The molecule has 19 heavy (non-hydrogen) atoms. The summed E-state index contributed by atoms with van der Waals surface area (Å²) in [4.78, 5) is 6.96. The van der Waals surface area contributed by atoms with E-state index in [1.54, 1.807) is 0 Å². The molecular weight excluding hydrogens is 236 g/mol. The number of likely N-dealkylation sites (tertiary alicyclic amines) is 1. The summed E-state index contributed by atoms with van der Waals surface area (Å²) in [6.45, 7) is 10.1. The highest BCUT2D eigenvalue weighted by atomic mass is 15.2. The Morgan fingerprint density at radius 1 is 1.37 bits per heavy atom. The van der Waals surface area contributed by atoms with Crippen LogP contribution >= 0.6 is 0 Å². The van der Waals surface area contributed by atoms with Crippen molar-refractivity contribution in [1.82, 2.24) is 10.2 Å². The van der Waals surface area contributed by atoms with E-state index < -0.39 is 0 Å². The second-order valence-corrected chi connectivity index (χ2v) is 6.99. The summed E-state index contributed by atoms with van der Waals surface area (Å²) in [5.41, 5.74) is 6.36. The third kappa shape index (κ3) is 5.01. The first-order chi connectivity index (χ1) is 9.05. The van der Waals surface area contributed by atoms with Gasteiger partial charge in [-0.2, -0.15) is 0 Å². The van der Waals surface area contributed by atoms with Crippen molar-refractivity contribution in [2.75, 3.05) is 32.7 Å². The Morgan fingerprint density at radius 2 is 2.16 bits per heavy atom. The molecule has 2 aliphatic rings. The van der Waals surface area contributed by atoms with E-state index in [2.05, 4.69) is 29.1 Å². The second-order valence-electron chi connectivity index (χ2n) is 6.99. The molecule has 1 aliphatic heterocycles. The Morgan fingerprint density at radius 3 is 2.79 bits per heavy atom. The zero-order valence-electron chi connectivity index (χ0n) is 12.6. The van der Waals surface area contributed by atoms with Crippen LogP contribution in [-0.4, -0.2) is 43.6 Å². The number of hydrogen-bond donors (Lipinski definition) is 2. The molecule has 1 saturated heterocycles. The zero-order valence-corrected chi connectivity index (χ0v) is 12.6. The molecule has 0 bridgehead atoms. The van der Waals surface area contributed by atoms with Gasteiger partial charge in [0.1, 0.15) is 0 Å². The molecule has 1 heterocycles. The molecule has 4 nitrogen and oxygen atoms in total. The van der Waals surface area contributed by atoms with Gasteiger partial charge in [-0.1, -0.05) is 20.3 Å². The first-order valence-electron chi connectivity index (χ1n) is 7.81. The summed E-state index contributed by atoms with van der Waals surface area (Å²) in [6.07, 6.45) is 6.71. The van der Waals surface area contributed by atoms with Crippen LogP contribution in [0.25, 0.3) is 0 Å². The normalized spacial score (nSPS) is 25.1. The van der Waals surface area contributed by atoms with E-state index in [1.807, 2.05) is 0 Å². The van der Waals surface area contributed by atoms with E-state index >= 15 is 0 Å². The van der Waals surface area contributed by atoms with E-state index in [-0.39, 0.29) is 0 Å². The molecule has 1 saturated carbocycles. The van der Waals surface area contributed by atoms with Gasteiger partial charge in [-0.15, -0.1) is 0 Å². The maximum Gasteiger partial charge on any atom is 0.188 e. The average molecular weight is 266 g/mol. The van der Waals surface area contributed by atoms with Crippen LogP contribution in [0.4, 0.5) is 0 Å². The molecule has 0 radical (unpaired) electrons. The third-order valence-corrected chi connectivity index (χ3v) is 4.46. The van der Waals surface area contributed by atoms with Gasteiger partial charge in [-0.25, -0.2) is 0 Å². The highest BCUT2D eigenvalue weighted by molar-refractivity contribution is 5.77. The Hall–Kier alpha value is -0.770. The van der Waals surface area contributed by atoms with Gasteiger partial charge in [0.2, 0.25) is 0 Å². The lowest BCUT2D eigenvalue weighted by Crippen LogP contribution is -2.44. The van der Waals surface area contributed by atoms with Crippen LogP contribution in [0, 0.1) is 11.3 Å². The molecule has 2 rings (SSSR count). The van der Waals surface area contributed by atoms with Crippen molar-refractivity contribution in [3.63, 3.8) is 0 Å². The Labute approximate surface area is 117 Å². The van der Waals surface area contributed by atoms with Gasteiger partial charge in [-0.3, -0.25) is 4.99 Å². The predicted octanol–water partition coefficient (Wildman–Crippen LogP) is 1.81. The van der Waals surface area contributed by atoms with Crippen LogP contribution in [0.3, 0.4) is 0 Å². The van der Waals surface area contributed by atoms with Crippen molar-refractivity contribution in [1.29, 1.82) is 0 Å². The number of hydrogen-bond acceptors (Lipinski definition) is 2. The summed E-state index contributed by atoms with van der Waals surface area (Å²) in [5, 5.41) is 3.25. The molecule has 0 unspecified atom stereocenters. The maximum absolute atomic E-state index is 5.89. The lowest BCUT2D eigenvalue weighted by atomic mass is 9.84. The molecule has 0 atom stereocenters. The molecule has 1 aliphatic carbocycles. The summed E-state index contributed by atoms with van der Waals surface area (Å²) in [6, 6.07) is 0. The van der Waals surface area contributed by atoms with Gasteiger partial charge in [0.25, 0.3) is 0 Å². The molecule has 0 amide bonds. The van der Waals surface area contributed by atoms with Crippen molar-refractivity contribution < 1.29 is 0 Å². The number of guanidine groups is 1. The van der Waals surface area contributed by atoms with E-state index in [0.717, 1.165) is 25.6 Å². The molecule has 0 aromatic heterocycles. The largest absolute Gasteiger partial charge is 0.370 e. The molecular formula is C15H30N4. The molecule has 0 aromatic rings. The molecule has 4 heteroatoms. The third-order valence-electron chi connectivity index (χ3n) is 4.46. The van der Waals surface area contributed by atoms with Crippen molar-refractivity contribution in [3.8, 4) is 0 Å². The number of aliphatic imine (C=N–C) groups is 1. The predicted molar refractivity (Wildman–Crippen MR) is 81.3 cm³/mol. The van der Waals surface area contributed by atoms with Gasteiger partial charge in [0.05, 0.1) is 0 Å². The molecule has 0 aromatic carbocycles. The fourth-order valence-corrected chi connectivity index (χ4v) is 3.04. The Bertz CT molecular complexity index is 307. The van der Waals surface area contributed by atoms with Gasteiger partial charge in [0.15, 0.2) is 5.96 Å². The van der Waals surface area contributed by atoms with Gasteiger partial charge >= 0.3 is 0 Å². The van der Waals surface area contributed by atoms with E-state index in [0.29, 0.717) is 11.4 Å². The van der Waals surface area contributed by atoms with Crippen LogP contribution < -0.4 is 11.1 Å². The van der Waals surface area contributed by atoms with E-state index in [1.165, 1.54) is 45.2 Å². The summed E-state index contributed by atoms with van der Waals surface area (Å²) >= 11 is 0. The number of rotatable bonds is 5. The molecule has 3 N–H and O–H groups in total. The smallest absolute Gasteiger partial charge is 0.188 e. The summed E-state index contributed by atoms with van der Waals surface area (Å²) in [7, 11) is 0. The van der Waals surface area contributed by atoms with Crippen LogP contribution in [0.2, 0.25) is 0 Å². The standard InChI is InChI=1S/C15H30N4/c1-15(2)7-4-9-19(12-15)10-8-17-14(16)18-11-13-5-3-6-13/h13H,3-12H2,1-2H3,(H3,16,17,18). The highest BCUT2D eigenvalue weighted by Crippen LogP contribution is 2.28. The van der Waals surface area contributed by atoms with Gasteiger partial charge in [-0.05, 0) is 43.6 Å². The lowest BCUT2D eigenvalue weighted by molar-refractivity contribution is 0.120. The highest BCUT2D eigenvalue weighted by Gasteiger charge is 2.25.